The summed E-state index contributed by atoms with van der Waals surface area (Å²) in [5, 5.41) is 28.8. The van der Waals surface area contributed by atoms with Gasteiger partial charge in [0.05, 0.1) is 50.8 Å². The topological polar surface area (TPSA) is 278 Å². The quantitative estimate of drug-likeness (QED) is 0.108. The average Bonchev–Trinajstić information content (AvgIpc) is 3.78. The normalized spacial score (nSPS) is 25.8. The summed E-state index contributed by atoms with van der Waals surface area (Å²) in [5.74, 6) is -0.0994. The van der Waals surface area contributed by atoms with Crippen LogP contribution in [0.3, 0.4) is 0 Å². The van der Waals surface area contributed by atoms with Gasteiger partial charge in [0.25, 0.3) is 11.1 Å². The minimum Gasteiger partial charge on any atom is -0.394 e. The van der Waals surface area contributed by atoms with Crippen molar-refractivity contribution < 1.29 is 24.4 Å². The first-order valence-electron chi connectivity index (χ1n) is 13.3. The Hall–Kier alpha value is -4.76. The molecule has 0 aliphatic carbocycles. The molecule has 0 aromatic carbocycles. The van der Waals surface area contributed by atoms with Gasteiger partial charge in [-0.1, -0.05) is 5.21 Å². The molecule has 5 aromatic rings. The third-order valence-electron chi connectivity index (χ3n) is 7.48. The molecular weight excluding hydrogens is 570 g/mol. The maximum Gasteiger partial charge on any atom is 0.280 e. The Labute approximate surface area is 239 Å². The number of nitrogens with zero attached hydrogens (tertiary/aromatic N) is 9. The minimum absolute atomic E-state index is 0.0492. The van der Waals surface area contributed by atoms with Crippen LogP contribution in [0.25, 0.3) is 22.3 Å². The Morgan fingerprint density at radius 3 is 2.19 bits per heavy atom. The summed E-state index contributed by atoms with van der Waals surface area (Å²) >= 11 is 0. The molecule has 2 aliphatic heterocycles. The Morgan fingerprint density at radius 2 is 1.56 bits per heavy atom. The van der Waals surface area contributed by atoms with Gasteiger partial charge in [0.1, 0.15) is 30.4 Å². The van der Waals surface area contributed by atoms with E-state index < -0.39 is 48.0 Å². The van der Waals surface area contributed by atoms with Crippen molar-refractivity contribution in [1.29, 1.82) is 0 Å². The molecule has 5 aromatic heterocycles. The van der Waals surface area contributed by atoms with E-state index >= 15 is 0 Å². The van der Waals surface area contributed by atoms with E-state index in [1.54, 1.807) is 15.3 Å². The fourth-order valence-corrected chi connectivity index (χ4v) is 5.44. The first-order valence-corrected chi connectivity index (χ1v) is 13.3. The number of aromatic amines is 2. The number of fused-ring (bicyclic) bond motifs is 2. The number of hydrogen-bond acceptors (Lipinski definition) is 15. The van der Waals surface area contributed by atoms with Crippen molar-refractivity contribution in [3.05, 3.63) is 45.3 Å². The van der Waals surface area contributed by atoms with E-state index in [1.807, 2.05) is 0 Å². The van der Waals surface area contributed by atoms with Gasteiger partial charge < -0.3 is 35.9 Å². The van der Waals surface area contributed by atoms with Gasteiger partial charge in [-0.15, -0.1) is 5.10 Å². The molecule has 20 heteroatoms. The van der Waals surface area contributed by atoms with Crippen LogP contribution in [0, 0.1) is 0 Å². The maximum atomic E-state index is 12.1. The van der Waals surface area contributed by atoms with E-state index in [9.17, 15) is 19.8 Å². The minimum atomic E-state index is -0.830. The monoisotopic (exact) mass is 597 g/mol. The number of ether oxygens (including phenoxy) is 3. The van der Waals surface area contributed by atoms with E-state index in [-0.39, 0.29) is 60.4 Å². The second kappa shape index (κ2) is 10.5. The molecule has 8 N–H and O–H groups in total. The van der Waals surface area contributed by atoms with Crippen LogP contribution < -0.4 is 22.6 Å². The highest BCUT2D eigenvalue weighted by Crippen LogP contribution is 2.33. The van der Waals surface area contributed by atoms with Gasteiger partial charge >= 0.3 is 0 Å². The van der Waals surface area contributed by atoms with Crippen LogP contribution in [0.4, 0.5) is 11.9 Å². The SMILES string of the molecule is Nc1nc2c(ncn2[C@H]2C[C@H](OCc3cn(C[C@H]4O[C@@H](n5cnc6c(=O)[nH]c(N)nc65)C[C@@H]4O)nn3)[C@H](CO)O2)c(=O)[nH]1. The molecule has 0 amide bonds. The molecule has 20 nitrogen and oxygen atoms in total. The van der Waals surface area contributed by atoms with Crippen LogP contribution in [0.1, 0.15) is 31.0 Å². The number of rotatable bonds is 8. The summed E-state index contributed by atoms with van der Waals surface area (Å²) in [4.78, 5) is 45.5. The highest BCUT2D eigenvalue weighted by molar-refractivity contribution is 5.71. The number of hydrogen-bond donors (Lipinski definition) is 6. The zero-order valence-corrected chi connectivity index (χ0v) is 22.3. The molecule has 0 saturated carbocycles. The van der Waals surface area contributed by atoms with Gasteiger partial charge in [-0.25, -0.2) is 14.6 Å². The summed E-state index contributed by atoms with van der Waals surface area (Å²) in [6, 6.07) is 0. The maximum absolute atomic E-state index is 12.1. The standard InChI is InChI=1S/C23H27N13O7/c24-22-28-18-16(20(39)30-22)26-7-35(18)14-1-10(38)12(42-14)4-34-3-9(32-33-34)6-41-11-2-15(43-13(11)5-37)36-8-27-17-19(36)29-23(25)31-21(17)40/h3,7-8,10-15,37-38H,1-2,4-6H2,(H3,24,28,30,39)(H3,25,29,31,40)/t10-,11-,12+,13-,14+,15+/m0/s1. The summed E-state index contributed by atoms with van der Waals surface area (Å²) in [5.41, 5.74) is 11.7. The van der Waals surface area contributed by atoms with Crippen molar-refractivity contribution in [2.45, 2.75) is 62.9 Å². The zero-order chi connectivity index (χ0) is 29.8. The Balaban J connectivity index is 0.985. The largest absolute Gasteiger partial charge is 0.394 e. The van der Waals surface area contributed by atoms with E-state index in [4.69, 9.17) is 25.7 Å². The number of nitrogens with one attached hydrogen (secondary N) is 2. The van der Waals surface area contributed by atoms with Crippen LogP contribution in [-0.4, -0.2) is 95.3 Å². The smallest absolute Gasteiger partial charge is 0.280 e. The third-order valence-corrected chi connectivity index (χ3v) is 7.48. The molecule has 7 heterocycles. The van der Waals surface area contributed by atoms with Crippen LogP contribution in [0.2, 0.25) is 0 Å². The number of anilines is 2. The number of H-pyrrole nitrogens is 2. The van der Waals surface area contributed by atoms with Gasteiger partial charge in [-0.05, 0) is 0 Å². The van der Waals surface area contributed by atoms with Crippen molar-refractivity contribution in [2.75, 3.05) is 18.1 Å². The highest BCUT2D eigenvalue weighted by atomic mass is 16.6. The number of aliphatic hydroxyl groups is 2. The number of nitrogens with two attached hydrogens (primary N) is 2. The number of nitrogen functional groups attached to an aromatic ring is 2. The third kappa shape index (κ3) is 4.89. The molecule has 2 aliphatic rings. The summed E-state index contributed by atoms with van der Waals surface area (Å²) < 4.78 is 22.7. The fraction of sp³-hybridized carbons (Fsp3) is 0.478. The van der Waals surface area contributed by atoms with Crippen molar-refractivity contribution in [3.63, 3.8) is 0 Å². The number of imidazole rings is 2. The molecule has 43 heavy (non-hydrogen) atoms. The van der Waals surface area contributed by atoms with E-state index in [0.29, 0.717) is 12.1 Å². The molecule has 7 rings (SSSR count). The lowest BCUT2D eigenvalue weighted by molar-refractivity contribution is -0.0645. The van der Waals surface area contributed by atoms with Crippen LogP contribution >= 0.6 is 0 Å². The second-order valence-electron chi connectivity index (χ2n) is 10.3. The van der Waals surface area contributed by atoms with Gasteiger partial charge in [0, 0.05) is 12.8 Å². The van der Waals surface area contributed by atoms with Gasteiger partial charge in [0.2, 0.25) is 11.9 Å². The molecule has 0 radical (unpaired) electrons. The van der Waals surface area contributed by atoms with Crippen LogP contribution in [0.5, 0.6) is 0 Å². The summed E-state index contributed by atoms with van der Waals surface area (Å²) in [6.07, 6.45) is 1.30. The molecule has 2 fully saturated rings. The second-order valence-corrected chi connectivity index (χ2v) is 10.3. The van der Waals surface area contributed by atoms with Gasteiger partial charge in [0.15, 0.2) is 22.3 Å². The molecule has 0 spiro atoms. The number of aliphatic hydroxyl groups excluding tert-OH is 2. The fourth-order valence-electron chi connectivity index (χ4n) is 5.44. The van der Waals surface area contributed by atoms with E-state index in [0.717, 1.165) is 0 Å². The summed E-state index contributed by atoms with van der Waals surface area (Å²) in [7, 11) is 0. The Kier molecular flexibility index (Phi) is 6.62. The molecule has 226 valence electrons. The lowest BCUT2D eigenvalue weighted by Gasteiger charge is -2.16. The van der Waals surface area contributed by atoms with E-state index in [1.165, 1.54) is 17.3 Å². The molecule has 0 bridgehead atoms. The first-order chi connectivity index (χ1) is 20.8. The lowest BCUT2D eigenvalue weighted by atomic mass is 10.2. The average molecular weight is 598 g/mol. The van der Waals surface area contributed by atoms with Gasteiger partial charge in [-0.2, -0.15) is 9.97 Å². The first kappa shape index (κ1) is 27.1. The predicted octanol–water partition coefficient (Wildman–Crippen LogP) is -2.48. The number of aromatic nitrogens is 11. The van der Waals surface area contributed by atoms with Gasteiger partial charge in [-0.3, -0.25) is 28.7 Å². The molecular formula is C23H27N13O7. The Morgan fingerprint density at radius 1 is 0.953 bits per heavy atom. The lowest BCUT2D eigenvalue weighted by Crippen LogP contribution is -2.27. The molecule has 0 unspecified atom stereocenters. The Bertz CT molecular complexity index is 1910. The van der Waals surface area contributed by atoms with Crippen molar-refractivity contribution in [1.82, 2.24) is 54.0 Å². The molecule has 6 atom stereocenters. The highest BCUT2D eigenvalue weighted by Gasteiger charge is 2.38. The van der Waals surface area contributed by atoms with Crippen LogP contribution in [0.15, 0.2) is 28.4 Å². The summed E-state index contributed by atoms with van der Waals surface area (Å²) in [6.45, 7) is -0.0200. The van der Waals surface area contributed by atoms with Crippen molar-refractivity contribution in [3.8, 4) is 0 Å². The zero-order valence-electron chi connectivity index (χ0n) is 22.3. The molecule has 2 saturated heterocycles. The van der Waals surface area contributed by atoms with E-state index in [2.05, 4.69) is 40.2 Å². The van der Waals surface area contributed by atoms with Crippen LogP contribution in [-0.2, 0) is 27.4 Å². The predicted molar refractivity (Wildman–Crippen MR) is 144 cm³/mol. The van der Waals surface area contributed by atoms with Crippen molar-refractivity contribution >= 4 is 34.2 Å². The van der Waals surface area contributed by atoms with Crippen molar-refractivity contribution in [2.24, 2.45) is 0 Å².